The number of nitrogens with zero attached hydrogens (tertiary/aromatic N) is 1. The molecule has 7 nitrogen and oxygen atoms in total. The standard InChI is InChI=1S/C14H17N3O4.C7H8/c1-9-12(17-8-21-9)7-20-13-4-2-3-11(10(13)5-15)16-6-14(18)19;1-7-5-3-2-4-6-7/h2-4,8,16H,5-7,15H2,1H3,(H,18,19);2-6H,1H3. The van der Waals surface area contributed by atoms with Crippen LogP contribution in [0, 0.1) is 13.8 Å². The largest absolute Gasteiger partial charge is 0.487 e. The second-order valence-corrected chi connectivity index (χ2v) is 6.03. The number of ether oxygens (including phenoxy) is 1. The molecule has 28 heavy (non-hydrogen) atoms. The first kappa shape index (κ1) is 21.0. The third kappa shape index (κ3) is 6.44. The van der Waals surface area contributed by atoms with Crippen molar-refractivity contribution >= 4 is 11.7 Å². The van der Waals surface area contributed by atoms with E-state index in [4.69, 9.17) is 20.0 Å². The molecule has 0 spiro atoms. The molecular weight excluding hydrogens is 358 g/mol. The summed E-state index contributed by atoms with van der Waals surface area (Å²) in [5.41, 5.74) is 9.14. The van der Waals surface area contributed by atoms with Gasteiger partial charge < -0.3 is 25.3 Å². The molecule has 0 amide bonds. The van der Waals surface area contributed by atoms with Crippen LogP contribution in [0.2, 0.25) is 0 Å². The molecule has 2 aromatic carbocycles. The van der Waals surface area contributed by atoms with E-state index in [1.807, 2.05) is 18.2 Å². The van der Waals surface area contributed by atoms with Crippen molar-refractivity contribution in [3.8, 4) is 5.75 Å². The fourth-order valence-corrected chi connectivity index (χ4v) is 2.40. The van der Waals surface area contributed by atoms with E-state index >= 15 is 0 Å². The maximum Gasteiger partial charge on any atom is 0.322 e. The average molecular weight is 383 g/mol. The van der Waals surface area contributed by atoms with Gasteiger partial charge in [0, 0.05) is 17.8 Å². The molecule has 0 radical (unpaired) electrons. The number of aryl methyl sites for hydroxylation is 2. The summed E-state index contributed by atoms with van der Waals surface area (Å²) in [6.07, 6.45) is 1.36. The first-order valence-electron chi connectivity index (χ1n) is 8.82. The van der Waals surface area contributed by atoms with Gasteiger partial charge in [-0.1, -0.05) is 42.0 Å². The highest BCUT2D eigenvalue weighted by Crippen LogP contribution is 2.27. The molecule has 0 bridgehead atoms. The Bertz CT molecular complexity index is 878. The van der Waals surface area contributed by atoms with Crippen molar-refractivity contribution in [3.63, 3.8) is 0 Å². The smallest absolute Gasteiger partial charge is 0.322 e. The topological polar surface area (TPSA) is 111 Å². The monoisotopic (exact) mass is 383 g/mol. The van der Waals surface area contributed by atoms with E-state index in [0.717, 1.165) is 5.56 Å². The number of oxazole rings is 1. The molecule has 0 aliphatic rings. The Morgan fingerprint density at radius 3 is 2.46 bits per heavy atom. The maximum atomic E-state index is 10.6. The number of aromatic nitrogens is 1. The van der Waals surface area contributed by atoms with Crippen LogP contribution in [0.5, 0.6) is 5.75 Å². The number of aliphatic carboxylic acids is 1. The molecule has 0 atom stereocenters. The van der Waals surface area contributed by atoms with Crippen LogP contribution >= 0.6 is 0 Å². The highest BCUT2D eigenvalue weighted by atomic mass is 16.5. The molecule has 4 N–H and O–H groups in total. The van der Waals surface area contributed by atoms with Gasteiger partial charge in [0.05, 0.1) is 0 Å². The van der Waals surface area contributed by atoms with Gasteiger partial charge in [0.1, 0.15) is 30.4 Å². The minimum atomic E-state index is -0.942. The molecule has 1 heterocycles. The van der Waals surface area contributed by atoms with Gasteiger partial charge in [-0.15, -0.1) is 0 Å². The van der Waals surface area contributed by atoms with E-state index in [9.17, 15) is 4.79 Å². The van der Waals surface area contributed by atoms with Gasteiger partial charge >= 0.3 is 5.97 Å². The first-order valence-corrected chi connectivity index (χ1v) is 8.82. The second kappa shape index (κ2) is 10.7. The molecule has 3 aromatic rings. The Labute approximate surface area is 164 Å². The minimum absolute atomic E-state index is 0.182. The number of nitrogens with two attached hydrogens (primary N) is 1. The number of rotatable bonds is 7. The summed E-state index contributed by atoms with van der Waals surface area (Å²) in [4.78, 5) is 14.7. The Kier molecular flexibility index (Phi) is 8.05. The molecule has 3 rings (SSSR count). The van der Waals surface area contributed by atoms with Gasteiger partial charge in [-0.2, -0.15) is 0 Å². The first-order chi connectivity index (χ1) is 13.5. The zero-order valence-electron chi connectivity index (χ0n) is 16.0. The van der Waals surface area contributed by atoms with Crippen LogP contribution in [-0.4, -0.2) is 22.6 Å². The normalized spacial score (nSPS) is 9.96. The van der Waals surface area contributed by atoms with Crippen LogP contribution in [0.4, 0.5) is 5.69 Å². The fourth-order valence-electron chi connectivity index (χ4n) is 2.40. The van der Waals surface area contributed by atoms with Crippen LogP contribution in [0.15, 0.2) is 59.3 Å². The van der Waals surface area contributed by atoms with Gasteiger partial charge in [0.2, 0.25) is 0 Å². The number of nitrogens with one attached hydrogen (secondary N) is 1. The number of anilines is 1. The zero-order valence-corrected chi connectivity index (χ0v) is 16.0. The lowest BCUT2D eigenvalue weighted by molar-refractivity contribution is -0.134. The maximum absolute atomic E-state index is 10.6. The summed E-state index contributed by atoms with van der Waals surface area (Å²) in [6, 6.07) is 15.6. The third-order valence-corrected chi connectivity index (χ3v) is 3.92. The van der Waals surface area contributed by atoms with Crippen LogP contribution in [0.1, 0.15) is 22.6 Å². The van der Waals surface area contributed by atoms with Crippen molar-refractivity contribution < 1.29 is 19.1 Å². The summed E-state index contributed by atoms with van der Waals surface area (Å²) in [7, 11) is 0. The van der Waals surface area contributed by atoms with E-state index in [0.29, 0.717) is 22.9 Å². The van der Waals surface area contributed by atoms with Gasteiger partial charge in [0.15, 0.2) is 6.39 Å². The lowest BCUT2D eigenvalue weighted by atomic mass is 10.1. The molecule has 0 aliphatic carbocycles. The van der Waals surface area contributed by atoms with Crippen molar-refractivity contribution in [1.82, 2.24) is 4.98 Å². The van der Waals surface area contributed by atoms with Crippen LogP contribution < -0.4 is 15.8 Å². The lowest BCUT2D eigenvalue weighted by Crippen LogP contribution is -2.15. The van der Waals surface area contributed by atoms with E-state index in [1.165, 1.54) is 12.0 Å². The summed E-state index contributed by atoms with van der Waals surface area (Å²) >= 11 is 0. The second-order valence-electron chi connectivity index (χ2n) is 6.03. The van der Waals surface area contributed by atoms with Crippen LogP contribution in [0.3, 0.4) is 0 Å². The van der Waals surface area contributed by atoms with Crippen molar-refractivity contribution in [1.29, 1.82) is 0 Å². The van der Waals surface area contributed by atoms with Crippen LogP contribution in [0.25, 0.3) is 0 Å². The quantitative estimate of drug-likeness (QED) is 0.572. The molecule has 0 unspecified atom stereocenters. The minimum Gasteiger partial charge on any atom is -0.487 e. The molecule has 0 saturated heterocycles. The SMILES string of the molecule is Cc1ccccc1.Cc1ocnc1COc1cccc(NCC(=O)O)c1CN. The van der Waals surface area contributed by atoms with E-state index < -0.39 is 5.97 Å². The van der Waals surface area contributed by atoms with Crippen molar-refractivity contribution in [3.05, 3.63) is 77.5 Å². The highest BCUT2D eigenvalue weighted by Gasteiger charge is 2.11. The lowest BCUT2D eigenvalue weighted by Gasteiger charge is -2.14. The molecule has 7 heteroatoms. The van der Waals surface area contributed by atoms with Crippen molar-refractivity contribution in [2.24, 2.45) is 5.73 Å². The number of carboxylic acid groups (broad SMARTS) is 1. The number of benzene rings is 2. The molecule has 0 saturated carbocycles. The molecule has 148 valence electrons. The van der Waals surface area contributed by atoms with E-state index in [-0.39, 0.29) is 19.7 Å². The van der Waals surface area contributed by atoms with Crippen molar-refractivity contribution in [2.45, 2.75) is 27.0 Å². The number of hydrogen-bond donors (Lipinski definition) is 3. The summed E-state index contributed by atoms with van der Waals surface area (Å²) in [6.45, 7) is 4.20. The average Bonchev–Trinajstić information content (AvgIpc) is 3.10. The van der Waals surface area contributed by atoms with E-state index in [2.05, 4.69) is 29.4 Å². The Balaban J connectivity index is 0.000000336. The summed E-state index contributed by atoms with van der Waals surface area (Å²) < 4.78 is 10.8. The predicted molar refractivity (Wildman–Crippen MR) is 107 cm³/mol. The van der Waals surface area contributed by atoms with Gasteiger partial charge in [-0.05, 0) is 26.0 Å². The van der Waals surface area contributed by atoms with Crippen molar-refractivity contribution in [2.75, 3.05) is 11.9 Å². The van der Waals surface area contributed by atoms with Crippen LogP contribution in [-0.2, 0) is 17.9 Å². The molecule has 0 fully saturated rings. The Hall–Kier alpha value is -3.32. The highest BCUT2D eigenvalue weighted by molar-refractivity contribution is 5.73. The number of carbonyl (C=O) groups is 1. The third-order valence-electron chi connectivity index (χ3n) is 3.92. The predicted octanol–water partition coefficient (Wildman–Crippen LogP) is 3.51. The molecule has 1 aromatic heterocycles. The van der Waals surface area contributed by atoms with Gasteiger partial charge in [-0.3, -0.25) is 4.79 Å². The number of hydrogen-bond acceptors (Lipinski definition) is 6. The molecular formula is C21H25N3O4. The number of carboxylic acids is 1. The Morgan fingerprint density at radius 1 is 1.18 bits per heavy atom. The fraction of sp³-hybridized carbons (Fsp3) is 0.238. The Morgan fingerprint density at radius 2 is 1.93 bits per heavy atom. The summed E-state index contributed by atoms with van der Waals surface area (Å²) in [5.74, 6) is 0.349. The molecule has 0 aliphatic heterocycles. The summed E-state index contributed by atoms with van der Waals surface area (Å²) in [5, 5.41) is 11.5. The van der Waals surface area contributed by atoms with Gasteiger partial charge in [0.25, 0.3) is 0 Å². The van der Waals surface area contributed by atoms with Gasteiger partial charge in [-0.25, -0.2) is 4.98 Å². The zero-order chi connectivity index (χ0) is 20.4. The van der Waals surface area contributed by atoms with E-state index in [1.54, 1.807) is 25.1 Å².